The van der Waals surface area contributed by atoms with Crippen LogP contribution in [-0.4, -0.2) is 10.9 Å². The van der Waals surface area contributed by atoms with Crippen molar-refractivity contribution < 1.29 is 13.6 Å². The van der Waals surface area contributed by atoms with Crippen molar-refractivity contribution in [3.8, 4) is 22.8 Å². The fourth-order valence-corrected chi connectivity index (χ4v) is 4.36. The van der Waals surface area contributed by atoms with Gasteiger partial charge in [0.2, 0.25) is 11.8 Å². The van der Waals surface area contributed by atoms with Crippen LogP contribution in [0.3, 0.4) is 0 Å². The van der Waals surface area contributed by atoms with Gasteiger partial charge in [-0.05, 0) is 91.7 Å². The summed E-state index contributed by atoms with van der Waals surface area (Å²) in [4.78, 5) is 17.0. The zero-order chi connectivity index (χ0) is 24.5. The normalized spacial score (nSPS) is 11.4. The Labute approximate surface area is 212 Å². The number of amides is 1. The van der Waals surface area contributed by atoms with Crippen LogP contribution < -0.4 is 5.32 Å². The predicted octanol–water partition coefficient (Wildman–Crippen LogP) is 8.33. The fraction of sp³-hybridized carbons (Fsp3) is 0.0714. The highest BCUT2D eigenvalue weighted by Crippen LogP contribution is 2.30. The number of furan rings is 1. The minimum absolute atomic E-state index is 0.283. The molecule has 0 atom stereocenters. The molecule has 0 bridgehead atoms. The van der Waals surface area contributed by atoms with E-state index in [4.69, 9.17) is 32.0 Å². The Kier molecular flexibility index (Phi) is 6.20. The van der Waals surface area contributed by atoms with Gasteiger partial charge in [0.25, 0.3) is 0 Å². The maximum atomic E-state index is 12.4. The van der Waals surface area contributed by atoms with Gasteiger partial charge in [-0.15, -0.1) is 0 Å². The number of nitrogens with zero attached hydrogens (tertiary/aromatic N) is 1. The van der Waals surface area contributed by atoms with E-state index in [1.54, 1.807) is 36.4 Å². The number of aryl methyl sites for hydroxylation is 2. The Bertz CT molecular complexity index is 1560. The van der Waals surface area contributed by atoms with Crippen LogP contribution in [0.5, 0.6) is 0 Å². The average Bonchev–Trinajstić information content (AvgIpc) is 3.45. The van der Waals surface area contributed by atoms with E-state index in [9.17, 15) is 4.79 Å². The van der Waals surface area contributed by atoms with Crippen molar-refractivity contribution in [2.75, 3.05) is 5.32 Å². The summed E-state index contributed by atoms with van der Waals surface area (Å²) < 4.78 is 11.7. The minimum atomic E-state index is -0.283. The molecule has 3 aromatic carbocycles. The third-order valence-electron chi connectivity index (χ3n) is 5.39. The molecule has 35 heavy (non-hydrogen) atoms. The molecule has 0 saturated heterocycles. The van der Waals surface area contributed by atoms with Gasteiger partial charge in [0.15, 0.2) is 5.58 Å². The summed E-state index contributed by atoms with van der Waals surface area (Å²) in [5, 5.41) is 3.88. The fourth-order valence-electron chi connectivity index (χ4n) is 3.83. The second kappa shape index (κ2) is 9.45. The molecule has 7 heteroatoms. The quantitative estimate of drug-likeness (QED) is 0.245. The van der Waals surface area contributed by atoms with Crippen LogP contribution in [0, 0.1) is 13.8 Å². The van der Waals surface area contributed by atoms with Gasteiger partial charge >= 0.3 is 0 Å². The Balaban J connectivity index is 1.25. The maximum Gasteiger partial charge on any atom is 0.248 e. The molecule has 5 rings (SSSR count). The number of anilines is 1. The number of nitrogens with one attached hydrogen (secondary N) is 1. The topological polar surface area (TPSA) is 68.3 Å². The van der Waals surface area contributed by atoms with Crippen molar-refractivity contribution in [2.45, 2.75) is 13.8 Å². The molecule has 0 saturated carbocycles. The summed E-state index contributed by atoms with van der Waals surface area (Å²) in [6.07, 6.45) is 3.01. The van der Waals surface area contributed by atoms with Gasteiger partial charge in [0.1, 0.15) is 17.0 Å². The number of aromatic nitrogens is 1. The van der Waals surface area contributed by atoms with Crippen LogP contribution in [0.1, 0.15) is 16.9 Å². The highest BCUT2D eigenvalue weighted by molar-refractivity contribution is 6.35. The van der Waals surface area contributed by atoms with E-state index in [1.165, 1.54) is 6.08 Å². The molecule has 174 valence electrons. The first-order valence-corrected chi connectivity index (χ1v) is 11.6. The molecule has 0 aliphatic carbocycles. The molecule has 0 aliphatic rings. The van der Waals surface area contributed by atoms with E-state index in [2.05, 4.69) is 16.4 Å². The van der Waals surface area contributed by atoms with Gasteiger partial charge in [-0.25, -0.2) is 4.98 Å². The van der Waals surface area contributed by atoms with Gasteiger partial charge in [-0.3, -0.25) is 4.79 Å². The number of hydrogen-bond acceptors (Lipinski definition) is 4. The summed E-state index contributed by atoms with van der Waals surface area (Å²) in [5.41, 5.74) is 6.05. The summed E-state index contributed by atoms with van der Waals surface area (Å²) in [6.45, 7) is 4.04. The first kappa shape index (κ1) is 23.0. The third kappa shape index (κ3) is 5.16. The van der Waals surface area contributed by atoms with Crippen LogP contribution in [0.25, 0.3) is 40.0 Å². The van der Waals surface area contributed by atoms with Crippen molar-refractivity contribution in [1.82, 2.24) is 4.98 Å². The van der Waals surface area contributed by atoms with Gasteiger partial charge in [-0.1, -0.05) is 29.3 Å². The van der Waals surface area contributed by atoms with Crippen molar-refractivity contribution in [2.24, 2.45) is 0 Å². The van der Waals surface area contributed by atoms with Gasteiger partial charge in [-0.2, -0.15) is 0 Å². The van der Waals surface area contributed by atoms with Crippen molar-refractivity contribution in [1.29, 1.82) is 0 Å². The van der Waals surface area contributed by atoms with Crippen LogP contribution in [0.15, 0.2) is 81.6 Å². The summed E-state index contributed by atoms with van der Waals surface area (Å²) in [6, 6.07) is 20.2. The lowest BCUT2D eigenvalue weighted by Crippen LogP contribution is -2.07. The number of halogens is 2. The number of oxazole rings is 1. The molecule has 5 aromatic rings. The Hall–Kier alpha value is -3.80. The first-order valence-electron chi connectivity index (χ1n) is 10.9. The van der Waals surface area contributed by atoms with E-state index < -0.39 is 0 Å². The van der Waals surface area contributed by atoms with Crippen LogP contribution in [-0.2, 0) is 4.79 Å². The lowest BCUT2D eigenvalue weighted by Gasteiger charge is -2.03. The lowest BCUT2D eigenvalue weighted by atomic mass is 10.1. The number of hydrogen-bond donors (Lipinski definition) is 1. The van der Waals surface area contributed by atoms with Crippen LogP contribution >= 0.6 is 23.2 Å². The second-order valence-corrected chi connectivity index (χ2v) is 9.08. The molecule has 2 heterocycles. The maximum absolute atomic E-state index is 12.4. The molecule has 0 unspecified atom stereocenters. The molecule has 2 aromatic heterocycles. The zero-order valence-corrected chi connectivity index (χ0v) is 20.4. The molecular weight excluding hydrogens is 483 g/mol. The van der Waals surface area contributed by atoms with Crippen molar-refractivity contribution >= 4 is 52.0 Å². The Morgan fingerprint density at radius 1 is 0.886 bits per heavy atom. The highest BCUT2D eigenvalue weighted by atomic mass is 35.5. The van der Waals surface area contributed by atoms with E-state index in [1.807, 2.05) is 44.2 Å². The molecule has 0 radical (unpaired) electrons. The Morgan fingerprint density at radius 3 is 2.37 bits per heavy atom. The molecule has 0 spiro atoms. The monoisotopic (exact) mass is 502 g/mol. The van der Waals surface area contributed by atoms with Crippen LogP contribution in [0.2, 0.25) is 10.0 Å². The molecule has 1 N–H and O–H groups in total. The summed E-state index contributed by atoms with van der Waals surface area (Å²) >= 11 is 12.1. The first-order chi connectivity index (χ1) is 16.8. The predicted molar refractivity (Wildman–Crippen MR) is 141 cm³/mol. The van der Waals surface area contributed by atoms with E-state index in [-0.39, 0.29) is 5.91 Å². The molecule has 1 amide bonds. The number of rotatable bonds is 5. The van der Waals surface area contributed by atoms with Crippen LogP contribution in [0.4, 0.5) is 5.69 Å². The van der Waals surface area contributed by atoms with Gasteiger partial charge in [0, 0.05) is 32.9 Å². The number of fused-ring (bicyclic) bond motifs is 1. The third-order valence-corrected chi connectivity index (χ3v) is 5.83. The van der Waals surface area contributed by atoms with Crippen molar-refractivity contribution in [3.63, 3.8) is 0 Å². The van der Waals surface area contributed by atoms with E-state index in [0.29, 0.717) is 33.1 Å². The minimum Gasteiger partial charge on any atom is -0.457 e. The molecule has 0 fully saturated rings. The largest absolute Gasteiger partial charge is 0.457 e. The van der Waals surface area contributed by atoms with Gasteiger partial charge in [0.05, 0.1) is 0 Å². The van der Waals surface area contributed by atoms with E-state index >= 15 is 0 Å². The number of carbonyl (C=O) groups excluding carboxylic acids is 1. The summed E-state index contributed by atoms with van der Waals surface area (Å²) in [7, 11) is 0. The molecule has 0 aliphatic heterocycles. The zero-order valence-electron chi connectivity index (χ0n) is 18.9. The second-order valence-electron chi connectivity index (χ2n) is 8.21. The summed E-state index contributed by atoms with van der Waals surface area (Å²) in [5.74, 6) is 1.40. The van der Waals surface area contributed by atoms with Crippen molar-refractivity contribution in [3.05, 3.63) is 99.7 Å². The average molecular weight is 503 g/mol. The number of carbonyl (C=O) groups is 1. The SMILES string of the molecule is Cc1cc(C)c2oc(-c3ccc(NC(=O)/C=C/c4ccc(-c5cc(Cl)cc(Cl)c5)o4)cc3)nc2c1. The lowest BCUT2D eigenvalue weighted by molar-refractivity contribution is -0.111. The molecular formula is C28H20Cl2N2O3. The molecule has 5 nitrogen and oxygen atoms in total. The number of benzene rings is 3. The smallest absolute Gasteiger partial charge is 0.248 e. The standard InChI is InChI=1S/C28H20Cl2N2O3/c1-16-11-17(2)27-24(12-16)32-28(35-27)18-3-5-22(6-4-18)31-26(33)10-8-23-7-9-25(34-23)19-13-20(29)15-21(30)14-19/h3-15H,1-2H3,(H,31,33)/b10-8+. The highest BCUT2D eigenvalue weighted by Gasteiger charge is 2.11. The Morgan fingerprint density at radius 2 is 1.63 bits per heavy atom. The van der Waals surface area contributed by atoms with Gasteiger partial charge < -0.3 is 14.2 Å². The van der Waals surface area contributed by atoms with E-state index in [0.717, 1.165) is 33.4 Å².